The Morgan fingerprint density at radius 3 is 2.69 bits per heavy atom. The maximum Gasteiger partial charge on any atom is 0.227 e. The third-order valence-corrected chi connectivity index (χ3v) is 5.37. The van der Waals surface area contributed by atoms with Crippen molar-refractivity contribution in [1.82, 2.24) is 19.5 Å². The van der Waals surface area contributed by atoms with Crippen LogP contribution in [0.15, 0.2) is 6.07 Å². The second-order valence-electron chi connectivity index (χ2n) is 7.21. The van der Waals surface area contributed by atoms with E-state index in [1.165, 1.54) is 5.69 Å². The molecule has 0 saturated carbocycles. The Morgan fingerprint density at radius 2 is 2.08 bits per heavy atom. The Bertz CT molecular complexity index is 793. The van der Waals surface area contributed by atoms with Crippen molar-refractivity contribution in [1.29, 1.82) is 0 Å². The Labute approximate surface area is 153 Å². The summed E-state index contributed by atoms with van der Waals surface area (Å²) in [6.07, 6.45) is 0.697. The first-order chi connectivity index (χ1) is 12.5. The van der Waals surface area contributed by atoms with Crippen LogP contribution in [0.3, 0.4) is 0 Å². The van der Waals surface area contributed by atoms with Gasteiger partial charge in [0.15, 0.2) is 0 Å². The maximum atomic E-state index is 9.60. The predicted octanol–water partition coefficient (Wildman–Crippen LogP) is 1.12. The molecule has 2 aliphatic rings. The first-order valence-electron chi connectivity index (χ1n) is 9.13. The minimum absolute atomic E-state index is 0.285. The average Bonchev–Trinajstić information content (AvgIpc) is 3.22. The van der Waals surface area contributed by atoms with E-state index < -0.39 is 0 Å². The van der Waals surface area contributed by atoms with Crippen molar-refractivity contribution in [2.75, 3.05) is 36.5 Å². The van der Waals surface area contributed by atoms with E-state index in [9.17, 15) is 5.11 Å². The van der Waals surface area contributed by atoms with Crippen molar-refractivity contribution >= 4 is 11.8 Å². The number of hydrogen-bond donors (Lipinski definition) is 2. The van der Waals surface area contributed by atoms with Gasteiger partial charge in [-0.3, -0.25) is 0 Å². The van der Waals surface area contributed by atoms with E-state index in [-0.39, 0.29) is 6.10 Å². The SMILES string of the molecule is Cc1nc(CNc2cc(C3CCOC3)nc(N3CC(O)C3)n2)n(C)c1C. The van der Waals surface area contributed by atoms with Gasteiger partial charge in [0.05, 0.1) is 30.6 Å². The molecule has 1 atom stereocenters. The fourth-order valence-electron chi connectivity index (χ4n) is 3.39. The van der Waals surface area contributed by atoms with Crippen LogP contribution >= 0.6 is 0 Å². The summed E-state index contributed by atoms with van der Waals surface area (Å²) in [5.74, 6) is 2.75. The van der Waals surface area contributed by atoms with Gasteiger partial charge in [-0.1, -0.05) is 0 Å². The molecule has 26 heavy (non-hydrogen) atoms. The molecule has 2 saturated heterocycles. The maximum absolute atomic E-state index is 9.60. The Balaban J connectivity index is 1.56. The predicted molar refractivity (Wildman–Crippen MR) is 98.4 cm³/mol. The highest BCUT2D eigenvalue weighted by Gasteiger charge is 2.29. The Morgan fingerprint density at radius 1 is 1.27 bits per heavy atom. The summed E-state index contributed by atoms with van der Waals surface area (Å²) < 4.78 is 7.62. The molecule has 4 rings (SSSR count). The van der Waals surface area contributed by atoms with Crippen molar-refractivity contribution in [3.63, 3.8) is 0 Å². The van der Waals surface area contributed by atoms with Crippen LogP contribution in [-0.2, 0) is 18.3 Å². The molecule has 1 unspecified atom stereocenters. The second-order valence-corrected chi connectivity index (χ2v) is 7.21. The number of aromatic nitrogens is 4. The summed E-state index contributed by atoms with van der Waals surface area (Å²) in [7, 11) is 2.03. The highest BCUT2D eigenvalue weighted by molar-refractivity contribution is 5.46. The topological polar surface area (TPSA) is 88.3 Å². The molecule has 0 radical (unpaired) electrons. The van der Waals surface area contributed by atoms with Gasteiger partial charge in [-0.2, -0.15) is 4.98 Å². The van der Waals surface area contributed by atoms with E-state index in [0.717, 1.165) is 36.1 Å². The molecular formula is C18H26N6O2. The lowest BCUT2D eigenvalue weighted by Gasteiger charge is -2.36. The third kappa shape index (κ3) is 3.26. The van der Waals surface area contributed by atoms with E-state index >= 15 is 0 Å². The van der Waals surface area contributed by atoms with Gasteiger partial charge in [0.25, 0.3) is 0 Å². The van der Waals surface area contributed by atoms with Crippen LogP contribution in [0, 0.1) is 13.8 Å². The molecule has 0 aliphatic carbocycles. The number of aliphatic hydroxyl groups excluding tert-OH is 1. The number of nitrogens with one attached hydrogen (secondary N) is 1. The summed E-state index contributed by atoms with van der Waals surface area (Å²) in [6, 6.07) is 2.02. The van der Waals surface area contributed by atoms with Crippen LogP contribution in [0.4, 0.5) is 11.8 Å². The van der Waals surface area contributed by atoms with Crippen LogP contribution in [0.1, 0.15) is 35.2 Å². The molecule has 0 amide bonds. The first kappa shape index (κ1) is 17.2. The molecule has 0 bridgehead atoms. The molecule has 8 nitrogen and oxygen atoms in total. The number of rotatable bonds is 5. The van der Waals surface area contributed by atoms with Crippen LogP contribution in [0.5, 0.6) is 0 Å². The summed E-state index contributed by atoms with van der Waals surface area (Å²) in [5, 5.41) is 13.0. The van der Waals surface area contributed by atoms with Gasteiger partial charge in [0.2, 0.25) is 5.95 Å². The molecule has 2 aromatic heterocycles. The fraction of sp³-hybridized carbons (Fsp3) is 0.611. The van der Waals surface area contributed by atoms with E-state index in [1.807, 2.05) is 24.9 Å². The minimum atomic E-state index is -0.285. The van der Waals surface area contributed by atoms with E-state index in [2.05, 4.69) is 26.8 Å². The number of anilines is 2. The number of β-amino-alcohol motifs (C(OH)–C–C–N with tert-alkyl or cyclic N) is 1. The van der Waals surface area contributed by atoms with Gasteiger partial charge in [-0.05, 0) is 20.3 Å². The van der Waals surface area contributed by atoms with Gasteiger partial charge in [-0.15, -0.1) is 0 Å². The largest absolute Gasteiger partial charge is 0.389 e. The van der Waals surface area contributed by atoms with E-state index in [0.29, 0.717) is 38.1 Å². The summed E-state index contributed by atoms with van der Waals surface area (Å²) in [5.41, 5.74) is 3.22. The molecule has 2 fully saturated rings. The van der Waals surface area contributed by atoms with Crippen LogP contribution in [0.25, 0.3) is 0 Å². The number of ether oxygens (including phenoxy) is 1. The van der Waals surface area contributed by atoms with E-state index in [4.69, 9.17) is 9.72 Å². The monoisotopic (exact) mass is 358 g/mol. The van der Waals surface area contributed by atoms with Crippen LogP contribution in [0.2, 0.25) is 0 Å². The standard InChI is InChI=1S/C18H26N6O2/c1-11-12(2)23(3)17(20-11)7-19-16-6-15(13-4-5-26-10-13)21-18(22-16)24-8-14(25)9-24/h6,13-14,25H,4-5,7-10H2,1-3H3,(H,19,21,22). The highest BCUT2D eigenvalue weighted by Crippen LogP contribution is 2.28. The zero-order valence-corrected chi connectivity index (χ0v) is 15.6. The Kier molecular flexibility index (Phi) is 4.54. The zero-order valence-electron chi connectivity index (χ0n) is 15.6. The summed E-state index contributed by atoms with van der Waals surface area (Å²) in [4.78, 5) is 16.0. The van der Waals surface area contributed by atoms with Crippen molar-refractivity contribution in [3.8, 4) is 0 Å². The molecule has 4 heterocycles. The molecule has 2 N–H and O–H groups in total. The van der Waals surface area contributed by atoms with Gasteiger partial charge >= 0.3 is 0 Å². The lowest BCUT2D eigenvalue weighted by molar-refractivity contribution is 0.140. The quantitative estimate of drug-likeness (QED) is 0.828. The molecular weight excluding hydrogens is 332 g/mol. The van der Waals surface area contributed by atoms with Crippen molar-refractivity contribution < 1.29 is 9.84 Å². The van der Waals surface area contributed by atoms with Gasteiger partial charge in [-0.25, -0.2) is 9.97 Å². The first-order valence-corrected chi connectivity index (χ1v) is 9.13. The number of hydrogen-bond acceptors (Lipinski definition) is 7. The van der Waals surface area contributed by atoms with Gasteiger partial charge in [0.1, 0.15) is 11.6 Å². The minimum Gasteiger partial charge on any atom is -0.389 e. The van der Waals surface area contributed by atoms with Crippen molar-refractivity contribution in [3.05, 3.63) is 29.0 Å². The molecule has 140 valence electrons. The molecule has 0 aromatic carbocycles. The smallest absolute Gasteiger partial charge is 0.227 e. The van der Waals surface area contributed by atoms with Crippen LogP contribution in [-0.4, -0.2) is 57.0 Å². The summed E-state index contributed by atoms with van der Waals surface area (Å²) >= 11 is 0. The van der Waals surface area contributed by atoms with Crippen molar-refractivity contribution in [2.24, 2.45) is 7.05 Å². The molecule has 2 aromatic rings. The zero-order chi connectivity index (χ0) is 18.3. The van der Waals surface area contributed by atoms with Gasteiger partial charge in [0, 0.05) is 44.4 Å². The molecule has 8 heteroatoms. The number of aliphatic hydroxyl groups is 1. The third-order valence-electron chi connectivity index (χ3n) is 5.37. The summed E-state index contributed by atoms with van der Waals surface area (Å²) in [6.45, 7) is 7.35. The molecule has 0 spiro atoms. The van der Waals surface area contributed by atoms with Gasteiger partial charge < -0.3 is 24.6 Å². The lowest BCUT2D eigenvalue weighted by atomic mass is 10.0. The Hall–Kier alpha value is -2.19. The average molecular weight is 358 g/mol. The number of imidazole rings is 1. The number of aryl methyl sites for hydroxylation is 1. The van der Waals surface area contributed by atoms with Crippen molar-refractivity contribution in [2.45, 2.75) is 38.8 Å². The normalized spacial score (nSPS) is 20.5. The second kappa shape index (κ2) is 6.85. The number of nitrogens with zero attached hydrogens (tertiary/aromatic N) is 5. The molecule has 2 aliphatic heterocycles. The van der Waals surface area contributed by atoms with Crippen LogP contribution < -0.4 is 10.2 Å². The fourth-order valence-corrected chi connectivity index (χ4v) is 3.39. The highest BCUT2D eigenvalue weighted by atomic mass is 16.5. The van der Waals surface area contributed by atoms with E-state index in [1.54, 1.807) is 0 Å². The lowest BCUT2D eigenvalue weighted by Crippen LogP contribution is -2.51.